The Hall–Kier alpha value is -2.45. The lowest BCUT2D eigenvalue weighted by Crippen LogP contribution is -2.21. The van der Waals surface area contributed by atoms with Gasteiger partial charge in [-0.2, -0.15) is 0 Å². The van der Waals surface area contributed by atoms with Gasteiger partial charge in [0.05, 0.1) is 13.2 Å². The number of Topliss-reactive ketones (excluding diaryl/α,β-unsaturated/α-hetero) is 1. The van der Waals surface area contributed by atoms with E-state index in [1.54, 1.807) is 0 Å². The number of ether oxygens (including phenoxy) is 1. The molecule has 0 aromatic heterocycles. The smallest absolute Gasteiger partial charge is 0.189 e. The minimum Gasteiger partial charge on any atom is -0.372 e. The molecule has 0 aliphatic carbocycles. The average molecular weight is 304 g/mol. The highest BCUT2D eigenvalue weighted by atomic mass is 16.5. The molecule has 3 rings (SSSR count). The van der Waals surface area contributed by atoms with Crippen molar-refractivity contribution >= 4 is 17.9 Å². The number of rotatable bonds is 2. The number of carbonyl (C=O) groups is 1. The van der Waals surface area contributed by atoms with Gasteiger partial charge >= 0.3 is 0 Å². The van der Waals surface area contributed by atoms with E-state index in [0.29, 0.717) is 24.4 Å². The maximum Gasteiger partial charge on any atom is 0.189 e. The molecule has 0 unspecified atom stereocenters. The molecule has 2 nitrogen and oxygen atoms in total. The summed E-state index contributed by atoms with van der Waals surface area (Å²) in [7, 11) is 0. The molecule has 2 heteroatoms. The van der Waals surface area contributed by atoms with Crippen LogP contribution in [-0.4, -0.2) is 19.0 Å². The van der Waals surface area contributed by atoms with Crippen LogP contribution in [0.5, 0.6) is 0 Å². The van der Waals surface area contributed by atoms with E-state index in [9.17, 15) is 4.79 Å². The van der Waals surface area contributed by atoms with E-state index in [-0.39, 0.29) is 5.78 Å². The van der Waals surface area contributed by atoms with Gasteiger partial charge in [-0.1, -0.05) is 59.7 Å². The zero-order valence-electron chi connectivity index (χ0n) is 13.5. The highest BCUT2D eigenvalue weighted by molar-refractivity contribution is 6.14. The van der Waals surface area contributed by atoms with Crippen LogP contribution in [0.3, 0.4) is 0 Å². The molecule has 1 aliphatic heterocycles. The predicted octanol–water partition coefficient (Wildman–Crippen LogP) is 4.37. The molecule has 23 heavy (non-hydrogen) atoms. The second-order valence-corrected chi connectivity index (χ2v) is 5.98. The molecule has 0 N–H and O–H groups in total. The van der Waals surface area contributed by atoms with Crippen molar-refractivity contribution in [3.05, 3.63) is 81.9 Å². The third kappa shape index (κ3) is 3.85. The van der Waals surface area contributed by atoms with Gasteiger partial charge in [0.1, 0.15) is 0 Å². The second kappa shape index (κ2) is 6.76. The molecule has 0 bridgehead atoms. The Kier molecular flexibility index (Phi) is 4.54. The van der Waals surface area contributed by atoms with Gasteiger partial charge < -0.3 is 4.74 Å². The zero-order valence-corrected chi connectivity index (χ0v) is 13.5. The molecular formula is C21H20O2. The lowest BCUT2D eigenvalue weighted by atomic mass is 9.97. The number of benzene rings is 2. The van der Waals surface area contributed by atoms with Crippen LogP contribution in [0.15, 0.2) is 59.7 Å². The van der Waals surface area contributed by atoms with E-state index in [1.807, 2.05) is 74.5 Å². The number of hydrogen-bond acceptors (Lipinski definition) is 2. The fraction of sp³-hybridized carbons (Fsp3) is 0.190. The summed E-state index contributed by atoms with van der Waals surface area (Å²) in [5.41, 5.74) is 5.88. The van der Waals surface area contributed by atoms with Gasteiger partial charge in [-0.3, -0.25) is 4.79 Å². The Morgan fingerprint density at radius 1 is 0.739 bits per heavy atom. The number of carbonyl (C=O) groups excluding carboxylic acids is 1. The van der Waals surface area contributed by atoms with E-state index < -0.39 is 0 Å². The van der Waals surface area contributed by atoms with Crippen LogP contribution in [0.25, 0.3) is 12.2 Å². The molecule has 1 heterocycles. The van der Waals surface area contributed by atoms with Gasteiger partial charge in [-0.15, -0.1) is 0 Å². The maximum absolute atomic E-state index is 12.7. The van der Waals surface area contributed by atoms with Crippen LogP contribution in [0.2, 0.25) is 0 Å². The lowest BCUT2D eigenvalue weighted by Gasteiger charge is -2.17. The first kappa shape index (κ1) is 15.4. The summed E-state index contributed by atoms with van der Waals surface area (Å²) in [5, 5.41) is 0. The van der Waals surface area contributed by atoms with Crippen LogP contribution in [0.1, 0.15) is 22.3 Å². The van der Waals surface area contributed by atoms with Gasteiger partial charge in [-0.05, 0) is 37.1 Å². The van der Waals surface area contributed by atoms with Gasteiger partial charge in [0.2, 0.25) is 0 Å². The Morgan fingerprint density at radius 3 is 1.52 bits per heavy atom. The molecule has 0 saturated carbocycles. The molecule has 0 radical (unpaired) electrons. The molecule has 1 fully saturated rings. The van der Waals surface area contributed by atoms with Crippen molar-refractivity contribution in [1.29, 1.82) is 0 Å². The normalized spacial score (nSPS) is 18.6. The Labute approximate surface area is 137 Å². The number of hydrogen-bond donors (Lipinski definition) is 0. The fourth-order valence-corrected chi connectivity index (χ4v) is 2.55. The summed E-state index contributed by atoms with van der Waals surface area (Å²) < 4.78 is 5.60. The summed E-state index contributed by atoms with van der Waals surface area (Å²) in [6.07, 6.45) is 3.84. The zero-order chi connectivity index (χ0) is 16.2. The Morgan fingerprint density at radius 2 is 1.13 bits per heavy atom. The van der Waals surface area contributed by atoms with E-state index in [0.717, 1.165) is 11.1 Å². The van der Waals surface area contributed by atoms with E-state index >= 15 is 0 Å². The van der Waals surface area contributed by atoms with Crippen molar-refractivity contribution in [3.63, 3.8) is 0 Å². The molecular weight excluding hydrogens is 284 g/mol. The largest absolute Gasteiger partial charge is 0.372 e. The quantitative estimate of drug-likeness (QED) is 0.770. The summed E-state index contributed by atoms with van der Waals surface area (Å²) >= 11 is 0. The highest BCUT2D eigenvalue weighted by Crippen LogP contribution is 2.20. The first-order valence-corrected chi connectivity index (χ1v) is 7.79. The van der Waals surface area contributed by atoms with Crippen LogP contribution in [-0.2, 0) is 9.53 Å². The molecule has 0 spiro atoms. The van der Waals surface area contributed by atoms with Gasteiger partial charge in [-0.25, -0.2) is 0 Å². The topological polar surface area (TPSA) is 26.3 Å². The molecule has 2 aromatic rings. The number of ketones is 1. The van der Waals surface area contributed by atoms with Gasteiger partial charge in [0, 0.05) is 11.1 Å². The molecule has 1 saturated heterocycles. The van der Waals surface area contributed by atoms with Crippen LogP contribution in [0, 0.1) is 13.8 Å². The van der Waals surface area contributed by atoms with Crippen molar-refractivity contribution in [2.24, 2.45) is 0 Å². The van der Waals surface area contributed by atoms with Crippen molar-refractivity contribution in [1.82, 2.24) is 0 Å². The van der Waals surface area contributed by atoms with Crippen molar-refractivity contribution in [3.8, 4) is 0 Å². The minimum absolute atomic E-state index is 0.0809. The SMILES string of the molecule is Cc1ccc(C=C2COCC(=Cc3ccc(C)cc3)C2=O)cc1. The third-order valence-electron chi connectivity index (χ3n) is 3.93. The lowest BCUT2D eigenvalue weighted by molar-refractivity contribution is -0.114. The maximum atomic E-state index is 12.7. The molecule has 1 aliphatic rings. The van der Waals surface area contributed by atoms with Crippen molar-refractivity contribution in [2.75, 3.05) is 13.2 Å². The Bertz CT molecular complexity index is 697. The molecule has 0 amide bonds. The van der Waals surface area contributed by atoms with Crippen molar-refractivity contribution < 1.29 is 9.53 Å². The van der Waals surface area contributed by atoms with Crippen molar-refractivity contribution in [2.45, 2.75) is 13.8 Å². The summed E-state index contributed by atoms with van der Waals surface area (Å²) in [5.74, 6) is 0.0809. The summed E-state index contributed by atoms with van der Waals surface area (Å²) in [6, 6.07) is 16.3. The molecule has 116 valence electrons. The highest BCUT2D eigenvalue weighted by Gasteiger charge is 2.21. The number of aryl methyl sites for hydroxylation is 2. The van der Waals surface area contributed by atoms with Crippen LogP contribution >= 0.6 is 0 Å². The first-order valence-electron chi connectivity index (χ1n) is 7.79. The van der Waals surface area contributed by atoms with Crippen LogP contribution in [0.4, 0.5) is 0 Å². The molecule has 0 atom stereocenters. The van der Waals surface area contributed by atoms with Gasteiger partial charge in [0.15, 0.2) is 5.78 Å². The molecule has 2 aromatic carbocycles. The first-order chi connectivity index (χ1) is 11.1. The second-order valence-electron chi connectivity index (χ2n) is 5.98. The summed E-state index contributed by atoms with van der Waals surface area (Å²) in [6.45, 7) is 4.85. The van der Waals surface area contributed by atoms with E-state index in [1.165, 1.54) is 11.1 Å². The van der Waals surface area contributed by atoms with E-state index in [2.05, 4.69) is 0 Å². The predicted molar refractivity (Wildman–Crippen MR) is 94.1 cm³/mol. The third-order valence-corrected chi connectivity index (χ3v) is 3.93. The Balaban J connectivity index is 1.86. The monoisotopic (exact) mass is 304 g/mol. The van der Waals surface area contributed by atoms with E-state index in [4.69, 9.17) is 4.74 Å². The summed E-state index contributed by atoms with van der Waals surface area (Å²) in [4.78, 5) is 12.7. The average Bonchev–Trinajstić information content (AvgIpc) is 2.55. The van der Waals surface area contributed by atoms with Crippen LogP contribution < -0.4 is 0 Å². The fourth-order valence-electron chi connectivity index (χ4n) is 2.55. The standard InChI is InChI=1S/C21H20O2/c1-15-3-7-17(8-4-15)11-19-13-23-14-20(21(19)22)12-18-9-5-16(2)6-10-18/h3-12H,13-14H2,1-2H3. The van der Waals surface area contributed by atoms with Gasteiger partial charge in [0.25, 0.3) is 0 Å². The minimum atomic E-state index is 0.0809.